The van der Waals surface area contributed by atoms with Crippen LogP contribution in [0.1, 0.15) is 32.7 Å². The SMILES string of the molecule is Cc1ccccc1Cn1c(C(=O)O)c(CNCCc2ccccc2Cl)c2ccccc21. The largest absolute Gasteiger partial charge is 0.477 e. The number of carboxylic acids is 1. The van der Waals surface area contributed by atoms with Crippen molar-refractivity contribution >= 4 is 28.5 Å². The van der Waals surface area contributed by atoms with Gasteiger partial charge in [-0.15, -0.1) is 0 Å². The van der Waals surface area contributed by atoms with Gasteiger partial charge in [-0.25, -0.2) is 4.79 Å². The number of nitrogens with zero attached hydrogens (tertiary/aromatic N) is 1. The highest BCUT2D eigenvalue weighted by atomic mass is 35.5. The van der Waals surface area contributed by atoms with Crippen LogP contribution in [0.5, 0.6) is 0 Å². The van der Waals surface area contributed by atoms with Crippen molar-refractivity contribution in [2.75, 3.05) is 6.54 Å². The first-order valence-electron chi connectivity index (χ1n) is 10.4. The molecular weight excluding hydrogens is 408 g/mol. The lowest BCUT2D eigenvalue weighted by Gasteiger charge is -2.12. The fraction of sp³-hybridized carbons (Fsp3) is 0.192. The van der Waals surface area contributed by atoms with Crippen molar-refractivity contribution in [3.05, 3.63) is 106 Å². The number of carboxylic acid groups (broad SMARTS) is 1. The zero-order valence-electron chi connectivity index (χ0n) is 17.4. The zero-order valence-corrected chi connectivity index (χ0v) is 18.2. The average Bonchev–Trinajstić information content (AvgIpc) is 3.08. The van der Waals surface area contributed by atoms with Gasteiger partial charge in [-0.05, 0) is 48.7 Å². The summed E-state index contributed by atoms with van der Waals surface area (Å²) in [6.07, 6.45) is 0.782. The highest BCUT2D eigenvalue weighted by molar-refractivity contribution is 6.31. The van der Waals surface area contributed by atoms with Gasteiger partial charge in [-0.3, -0.25) is 0 Å². The van der Waals surface area contributed by atoms with E-state index in [1.165, 1.54) is 0 Å². The molecule has 0 spiro atoms. The average molecular weight is 433 g/mol. The zero-order chi connectivity index (χ0) is 21.8. The Bertz CT molecular complexity index is 1230. The number of benzene rings is 3. The highest BCUT2D eigenvalue weighted by Gasteiger charge is 2.22. The van der Waals surface area contributed by atoms with Gasteiger partial charge in [0.25, 0.3) is 0 Å². The Hall–Kier alpha value is -3.08. The molecule has 0 unspecified atom stereocenters. The predicted octanol–water partition coefficient (Wildman–Crippen LogP) is 5.68. The monoisotopic (exact) mass is 432 g/mol. The maximum absolute atomic E-state index is 12.3. The smallest absolute Gasteiger partial charge is 0.352 e. The van der Waals surface area contributed by atoms with Gasteiger partial charge in [0.05, 0.1) is 0 Å². The summed E-state index contributed by atoms with van der Waals surface area (Å²) in [5, 5.41) is 15.2. The molecule has 0 saturated heterocycles. The summed E-state index contributed by atoms with van der Waals surface area (Å²) in [5.74, 6) is -0.910. The number of aromatic nitrogens is 1. The minimum Gasteiger partial charge on any atom is -0.477 e. The summed E-state index contributed by atoms with van der Waals surface area (Å²) in [5.41, 5.74) is 5.44. The van der Waals surface area contributed by atoms with E-state index in [9.17, 15) is 9.90 Å². The predicted molar refractivity (Wildman–Crippen MR) is 126 cm³/mol. The van der Waals surface area contributed by atoms with Gasteiger partial charge < -0.3 is 15.0 Å². The van der Waals surface area contributed by atoms with Crippen LogP contribution >= 0.6 is 11.6 Å². The van der Waals surface area contributed by atoms with Gasteiger partial charge in [-0.1, -0.05) is 72.3 Å². The van der Waals surface area contributed by atoms with Crippen molar-refractivity contribution in [2.45, 2.75) is 26.4 Å². The van der Waals surface area contributed by atoms with E-state index in [2.05, 4.69) is 24.4 Å². The van der Waals surface area contributed by atoms with Gasteiger partial charge in [0, 0.05) is 34.6 Å². The molecule has 4 rings (SSSR count). The Morgan fingerprint density at radius 1 is 0.968 bits per heavy atom. The van der Waals surface area contributed by atoms with E-state index in [1.807, 2.05) is 65.2 Å². The van der Waals surface area contributed by atoms with E-state index in [-0.39, 0.29) is 0 Å². The van der Waals surface area contributed by atoms with Crippen molar-refractivity contribution in [2.24, 2.45) is 0 Å². The van der Waals surface area contributed by atoms with Crippen LogP contribution in [-0.4, -0.2) is 22.2 Å². The first-order valence-corrected chi connectivity index (χ1v) is 10.8. The van der Waals surface area contributed by atoms with Crippen LogP contribution in [0, 0.1) is 6.92 Å². The second-order valence-corrected chi connectivity index (χ2v) is 8.09. The molecule has 5 heteroatoms. The third-order valence-electron chi connectivity index (χ3n) is 5.70. The lowest BCUT2D eigenvalue weighted by atomic mass is 10.1. The molecule has 4 nitrogen and oxygen atoms in total. The molecule has 0 bridgehead atoms. The molecule has 1 heterocycles. The van der Waals surface area contributed by atoms with E-state index in [0.717, 1.165) is 44.6 Å². The molecule has 0 saturated carbocycles. The van der Waals surface area contributed by atoms with Crippen molar-refractivity contribution in [3.63, 3.8) is 0 Å². The first-order chi connectivity index (χ1) is 15.1. The number of hydrogen-bond acceptors (Lipinski definition) is 2. The summed E-state index contributed by atoms with van der Waals surface area (Å²) in [4.78, 5) is 12.3. The van der Waals surface area contributed by atoms with Crippen molar-refractivity contribution in [1.29, 1.82) is 0 Å². The standard InChI is InChI=1S/C26H25ClN2O2/c1-18-8-2-3-10-20(18)17-29-24-13-7-5-11-21(24)22(25(29)26(30)31)16-28-15-14-19-9-4-6-12-23(19)27/h2-13,28H,14-17H2,1H3,(H,30,31). The van der Waals surface area contributed by atoms with E-state index in [1.54, 1.807) is 0 Å². The van der Waals surface area contributed by atoms with E-state index < -0.39 is 5.97 Å². The fourth-order valence-corrected chi connectivity index (χ4v) is 4.29. The van der Waals surface area contributed by atoms with Gasteiger partial charge >= 0.3 is 5.97 Å². The molecule has 0 radical (unpaired) electrons. The van der Waals surface area contributed by atoms with Crippen LogP contribution in [0.2, 0.25) is 5.02 Å². The van der Waals surface area contributed by atoms with E-state index in [4.69, 9.17) is 11.6 Å². The molecular formula is C26H25ClN2O2. The third kappa shape index (κ3) is 4.50. The Balaban J connectivity index is 1.63. The lowest BCUT2D eigenvalue weighted by molar-refractivity contribution is 0.0684. The highest BCUT2D eigenvalue weighted by Crippen LogP contribution is 2.28. The van der Waals surface area contributed by atoms with Gasteiger partial charge in [0.1, 0.15) is 5.69 Å². The number of halogens is 1. The van der Waals surface area contributed by atoms with Crippen LogP contribution in [0.4, 0.5) is 0 Å². The third-order valence-corrected chi connectivity index (χ3v) is 6.07. The minimum atomic E-state index is -0.910. The second-order valence-electron chi connectivity index (χ2n) is 7.68. The van der Waals surface area contributed by atoms with Crippen LogP contribution in [-0.2, 0) is 19.5 Å². The number of para-hydroxylation sites is 1. The van der Waals surface area contributed by atoms with Gasteiger partial charge in [0.15, 0.2) is 0 Å². The second kappa shape index (κ2) is 9.38. The molecule has 2 N–H and O–H groups in total. The summed E-state index contributed by atoms with van der Waals surface area (Å²) < 4.78 is 1.92. The summed E-state index contributed by atoms with van der Waals surface area (Å²) in [6, 6.07) is 23.8. The molecule has 3 aromatic carbocycles. The molecule has 0 aliphatic carbocycles. The fourth-order valence-electron chi connectivity index (χ4n) is 4.06. The molecule has 0 fully saturated rings. The van der Waals surface area contributed by atoms with Crippen molar-refractivity contribution in [3.8, 4) is 0 Å². The van der Waals surface area contributed by atoms with Crippen LogP contribution in [0.3, 0.4) is 0 Å². The number of nitrogens with one attached hydrogen (secondary N) is 1. The quantitative estimate of drug-likeness (QED) is 0.352. The molecule has 4 aromatic rings. The summed E-state index contributed by atoms with van der Waals surface area (Å²) in [6.45, 7) is 3.76. The topological polar surface area (TPSA) is 54.3 Å². The molecule has 0 amide bonds. The number of aryl methyl sites for hydroxylation is 1. The molecule has 0 atom stereocenters. The van der Waals surface area contributed by atoms with E-state index >= 15 is 0 Å². The maximum Gasteiger partial charge on any atom is 0.352 e. The first kappa shape index (κ1) is 21.2. The van der Waals surface area contributed by atoms with Crippen molar-refractivity contribution in [1.82, 2.24) is 9.88 Å². The molecule has 158 valence electrons. The van der Waals surface area contributed by atoms with Crippen LogP contribution in [0.25, 0.3) is 10.9 Å². The molecule has 1 aromatic heterocycles. The lowest BCUT2D eigenvalue weighted by Crippen LogP contribution is -2.19. The maximum atomic E-state index is 12.3. The van der Waals surface area contributed by atoms with Gasteiger partial charge in [-0.2, -0.15) is 0 Å². The number of carbonyl (C=O) groups is 1. The minimum absolute atomic E-state index is 0.342. The Morgan fingerprint density at radius 2 is 1.65 bits per heavy atom. The normalized spacial score (nSPS) is 11.2. The molecule has 0 aliphatic heterocycles. The number of hydrogen-bond donors (Lipinski definition) is 2. The number of aromatic carboxylic acids is 1. The molecule has 0 aliphatic rings. The Labute approximate surface area is 187 Å². The van der Waals surface area contributed by atoms with Crippen molar-refractivity contribution < 1.29 is 9.90 Å². The summed E-state index contributed by atoms with van der Waals surface area (Å²) >= 11 is 6.25. The van der Waals surface area contributed by atoms with Crippen LogP contribution in [0.15, 0.2) is 72.8 Å². The number of fused-ring (bicyclic) bond motifs is 1. The summed E-state index contributed by atoms with van der Waals surface area (Å²) in [7, 11) is 0. The Morgan fingerprint density at radius 3 is 2.39 bits per heavy atom. The van der Waals surface area contributed by atoms with Crippen LogP contribution < -0.4 is 5.32 Å². The Kier molecular flexibility index (Phi) is 6.40. The molecule has 31 heavy (non-hydrogen) atoms. The van der Waals surface area contributed by atoms with E-state index in [0.29, 0.717) is 25.3 Å². The van der Waals surface area contributed by atoms with Gasteiger partial charge in [0.2, 0.25) is 0 Å². The number of rotatable bonds is 8.